The number of amides is 1. The van der Waals surface area contributed by atoms with Crippen molar-refractivity contribution in [3.8, 4) is 0 Å². The van der Waals surface area contributed by atoms with E-state index in [-0.39, 0.29) is 11.9 Å². The quantitative estimate of drug-likeness (QED) is 0.666. The molecule has 2 aliphatic rings. The monoisotopic (exact) mass is 256 g/mol. The van der Waals surface area contributed by atoms with E-state index in [1.165, 1.54) is 0 Å². The van der Waals surface area contributed by atoms with E-state index >= 15 is 0 Å². The van der Waals surface area contributed by atoms with Gasteiger partial charge in [-0.05, 0) is 31.6 Å². The molecule has 0 aromatic heterocycles. The number of hydrogen-bond donors (Lipinski definition) is 3. The third-order valence-corrected chi connectivity index (χ3v) is 4.03. The van der Waals surface area contributed by atoms with E-state index in [0.717, 1.165) is 25.7 Å². The molecule has 1 atom stereocenters. The highest BCUT2D eigenvalue weighted by Gasteiger charge is 2.33. The Morgan fingerprint density at radius 2 is 2.22 bits per heavy atom. The van der Waals surface area contributed by atoms with Crippen molar-refractivity contribution < 1.29 is 14.6 Å². The molecule has 0 aromatic carbocycles. The van der Waals surface area contributed by atoms with Crippen molar-refractivity contribution in [1.82, 2.24) is 10.6 Å². The first-order chi connectivity index (χ1) is 8.59. The molecule has 1 amide bonds. The van der Waals surface area contributed by atoms with E-state index in [1.54, 1.807) is 0 Å². The molecule has 0 spiro atoms. The molecule has 1 unspecified atom stereocenters. The van der Waals surface area contributed by atoms with Crippen molar-refractivity contribution in [3.05, 3.63) is 0 Å². The number of carbonyl (C=O) groups excluding carboxylic acids is 1. The highest BCUT2D eigenvalue weighted by atomic mass is 16.5. The Morgan fingerprint density at radius 1 is 1.50 bits per heavy atom. The van der Waals surface area contributed by atoms with E-state index in [2.05, 4.69) is 17.6 Å². The summed E-state index contributed by atoms with van der Waals surface area (Å²) >= 11 is 0. The number of morpholine rings is 1. The molecule has 18 heavy (non-hydrogen) atoms. The van der Waals surface area contributed by atoms with Crippen LogP contribution >= 0.6 is 0 Å². The number of nitrogens with one attached hydrogen (secondary N) is 2. The molecular formula is C13H24N2O3. The van der Waals surface area contributed by atoms with Crippen LogP contribution in [0.15, 0.2) is 0 Å². The zero-order valence-electron chi connectivity index (χ0n) is 11.1. The normalized spacial score (nSPS) is 37.2. The summed E-state index contributed by atoms with van der Waals surface area (Å²) in [7, 11) is 0. The third kappa shape index (κ3) is 3.67. The maximum atomic E-state index is 11.9. The Hall–Kier alpha value is -0.650. The molecule has 3 N–H and O–H groups in total. The van der Waals surface area contributed by atoms with Crippen molar-refractivity contribution in [2.45, 2.75) is 44.2 Å². The maximum Gasteiger partial charge on any atom is 0.239 e. The molecule has 5 nitrogen and oxygen atoms in total. The summed E-state index contributed by atoms with van der Waals surface area (Å²) in [5.74, 6) is 0.621. The molecule has 0 radical (unpaired) electrons. The predicted octanol–water partition coefficient (Wildman–Crippen LogP) is 0.0322. The highest BCUT2D eigenvalue weighted by Crippen LogP contribution is 2.31. The van der Waals surface area contributed by atoms with Crippen LogP contribution in [0.1, 0.15) is 32.6 Å². The number of aliphatic hydroxyl groups is 1. The Labute approximate surface area is 108 Å². The van der Waals surface area contributed by atoms with Gasteiger partial charge >= 0.3 is 0 Å². The Bertz CT molecular complexity index is 282. The molecule has 1 aliphatic heterocycles. The lowest BCUT2D eigenvalue weighted by Gasteiger charge is -2.35. The van der Waals surface area contributed by atoms with Crippen molar-refractivity contribution >= 4 is 5.91 Å². The van der Waals surface area contributed by atoms with Crippen LogP contribution in [0.3, 0.4) is 0 Å². The van der Waals surface area contributed by atoms with Crippen molar-refractivity contribution in [3.63, 3.8) is 0 Å². The van der Waals surface area contributed by atoms with E-state index in [4.69, 9.17) is 4.74 Å². The molecule has 5 heteroatoms. The van der Waals surface area contributed by atoms with Gasteiger partial charge in [0.2, 0.25) is 5.91 Å². The summed E-state index contributed by atoms with van der Waals surface area (Å²) < 4.78 is 5.25. The predicted molar refractivity (Wildman–Crippen MR) is 68.2 cm³/mol. The lowest BCUT2D eigenvalue weighted by molar-refractivity contribution is -0.127. The number of ether oxygens (including phenoxy) is 1. The summed E-state index contributed by atoms with van der Waals surface area (Å²) in [5, 5.41) is 16.3. The first-order valence-electron chi connectivity index (χ1n) is 6.90. The average molecular weight is 256 g/mol. The zero-order valence-corrected chi connectivity index (χ0v) is 11.1. The highest BCUT2D eigenvalue weighted by molar-refractivity contribution is 5.82. The number of carbonyl (C=O) groups is 1. The summed E-state index contributed by atoms with van der Waals surface area (Å²) in [4.78, 5) is 11.9. The van der Waals surface area contributed by atoms with Crippen LogP contribution in [0.25, 0.3) is 0 Å². The molecular weight excluding hydrogens is 232 g/mol. The zero-order chi connectivity index (χ0) is 13.0. The Balaban J connectivity index is 1.74. The first-order valence-corrected chi connectivity index (χ1v) is 6.90. The van der Waals surface area contributed by atoms with Gasteiger partial charge in [0.25, 0.3) is 0 Å². The summed E-state index contributed by atoms with van der Waals surface area (Å²) in [6, 6.07) is -0.273. The second-order valence-electron chi connectivity index (χ2n) is 5.71. The Morgan fingerprint density at radius 3 is 2.83 bits per heavy atom. The second-order valence-corrected chi connectivity index (χ2v) is 5.71. The lowest BCUT2D eigenvalue weighted by atomic mass is 9.79. The minimum atomic E-state index is -0.711. The summed E-state index contributed by atoms with van der Waals surface area (Å²) in [5.41, 5.74) is -0.711. The van der Waals surface area contributed by atoms with E-state index < -0.39 is 5.60 Å². The van der Waals surface area contributed by atoms with Crippen molar-refractivity contribution in [2.75, 3.05) is 26.3 Å². The van der Waals surface area contributed by atoms with Crippen LogP contribution in [0.4, 0.5) is 0 Å². The van der Waals surface area contributed by atoms with Gasteiger partial charge in [0.1, 0.15) is 6.04 Å². The van der Waals surface area contributed by atoms with Gasteiger partial charge in [-0.3, -0.25) is 4.79 Å². The molecule has 0 bridgehead atoms. The van der Waals surface area contributed by atoms with Gasteiger partial charge in [-0.25, -0.2) is 0 Å². The van der Waals surface area contributed by atoms with E-state index in [9.17, 15) is 9.90 Å². The fraction of sp³-hybridized carbons (Fsp3) is 0.923. The van der Waals surface area contributed by atoms with Crippen LogP contribution in [0.5, 0.6) is 0 Å². The summed E-state index contributed by atoms with van der Waals surface area (Å²) in [6.07, 6.45) is 3.64. The average Bonchev–Trinajstić information content (AvgIpc) is 2.41. The first kappa shape index (κ1) is 13.8. The third-order valence-electron chi connectivity index (χ3n) is 4.03. The fourth-order valence-electron chi connectivity index (χ4n) is 2.58. The largest absolute Gasteiger partial charge is 0.388 e. The van der Waals surface area contributed by atoms with E-state index in [0.29, 0.717) is 32.2 Å². The van der Waals surface area contributed by atoms with Crippen LogP contribution < -0.4 is 10.6 Å². The molecule has 1 saturated heterocycles. The fourth-order valence-corrected chi connectivity index (χ4v) is 2.58. The Kier molecular flexibility index (Phi) is 4.59. The standard InChI is InChI=1S/C13H24N2O3/c1-10-2-4-13(17,5-3-10)9-15-12(16)11-8-18-7-6-14-11/h10-11,14,17H,2-9H2,1H3,(H,15,16). The van der Waals surface area contributed by atoms with Crippen molar-refractivity contribution in [2.24, 2.45) is 5.92 Å². The van der Waals surface area contributed by atoms with Gasteiger partial charge in [-0.2, -0.15) is 0 Å². The molecule has 2 fully saturated rings. The van der Waals surface area contributed by atoms with Crippen LogP contribution in [-0.2, 0) is 9.53 Å². The lowest BCUT2D eigenvalue weighted by Crippen LogP contribution is -2.54. The van der Waals surface area contributed by atoms with Crippen LogP contribution in [-0.4, -0.2) is 49.0 Å². The smallest absolute Gasteiger partial charge is 0.239 e. The number of rotatable bonds is 3. The minimum absolute atomic E-state index is 0.0678. The van der Waals surface area contributed by atoms with Gasteiger partial charge in [-0.1, -0.05) is 6.92 Å². The van der Waals surface area contributed by atoms with Crippen LogP contribution in [0, 0.1) is 5.92 Å². The second kappa shape index (κ2) is 5.99. The summed E-state index contributed by atoms with van der Waals surface area (Å²) in [6.45, 7) is 4.35. The molecule has 2 rings (SSSR count). The van der Waals surface area contributed by atoms with Gasteiger partial charge in [0, 0.05) is 13.1 Å². The topological polar surface area (TPSA) is 70.6 Å². The number of hydrogen-bond acceptors (Lipinski definition) is 4. The maximum absolute atomic E-state index is 11.9. The molecule has 0 aromatic rings. The molecule has 104 valence electrons. The van der Waals surface area contributed by atoms with Crippen molar-refractivity contribution in [1.29, 1.82) is 0 Å². The van der Waals surface area contributed by atoms with Gasteiger partial charge in [-0.15, -0.1) is 0 Å². The molecule has 1 heterocycles. The van der Waals surface area contributed by atoms with Gasteiger partial charge < -0.3 is 20.5 Å². The SMILES string of the molecule is CC1CCC(O)(CNC(=O)C2COCCN2)CC1. The van der Waals surface area contributed by atoms with E-state index in [1.807, 2.05) is 0 Å². The van der Waals surface area contributed by atoms with Gasteiger partial charge in [0.15, 0.2) is 0 Å². The van der Waals surface area contributed by atoms with Gasteiger partial charge in [0.05, 0.1) is 18.8 Å². The molecule has 1 aliphatic carbocycles. The molecule has 1 saturated carbocycles. The minimum Gasteiger partial charge on any atom is -0.388 e. The van der Waals surface area contributed by atoms with Crippen LogP contribution in [0.2, 0.25) is 0 Å².